The van der Waals surface area contributed by atoms with Gasteiger partial charge in [0, 0.05) is 28.2 Å². The van der Waals surface area contributed by atoms with Crippen LogP contribution >= 0.6 is 0 Å². The van der Waals surface area contributed by atoms with Crippen LogP contribution in [0.4, 0.5) is 11.4 Å². The van der Waals surface area contributed by atoms with Crippen molar-refractivity contribution in [3.63, 3.8) is 0 Å². The summed E-state index contributed by atoms with van der Waals surface area (Å²) in [6, 6.07) is 3.53. The third-order valence-corrected chi connectivity index (χ3v) is 2.48. The van der Waals surface area contributed by atoms with E-state index in [1.807, 2.05) is 32.9 Å². The van der Waals surface area contributed by atoms with Crippen molar-refractivity contribution in [2.24, 2.45) is 5.73 Å². The van der Waals surface area contributed by atoms with Crippen molar-refractivity contribution in [1.29, 1.82) is 0 Å². The largest absolute Gasteiger partial charge is 0.399 e. The lowest BCUT2D eigenvalue weighted by atomic mass is 10.0. The summed E-state index contributed by atoms with van der Waals surface area (Å²) in [6.07, 6.45) is 10.6. The quantitative estimate of drug-likeness (QED) is 0.554. The molecule has 0 atom stereocenters. The predicted octanol–water partition coefficient (Wildman–Crippen LogP) is 4.75. The Morgan fingerprint density at radius 1 is 0.955 bits per heavy atom. The molecule has 3 heteroatoms. The second-order valence-electron chi connectivity index (χ2n) is 3.88. The Kier molecular flexibility index (Phi) is 13.1. The van der Waals surface area contributed by atoms with Gasteiger partial charge < -0.3 is 17.2 Å². The van der Waals surface area contributed by atoms with Gasteiger partial charge in [0.25, 0.3) is 0 Å². The predicted molar refractivity (Wildman–Crippen MR) is 104 cm³/mol. The van der Waals surface area contributed by atoms with Gasteiger partial charge in [-0.2, -0.15) is 0 Å². The Balaban J connectivity index is 0. The Labute approximate surface area is 135 Å². The van der Waals surface area contributed by atoms with E-state index in [9.17, 15) is 0 Å². The lowest BCUT2D eigenvalue weighted by Crippen LogP contribution is -1.96. The topological polar surface area (TPSA) is 78.1 Å². The summed E-state index contributed by atoms with van der Waals surface area (Å²) in [5.41, 5.74) is 20.5. The number of nitrogen functional groups attached to an aromatic ring is 2. The van der Waals surface area contributed by atoms with Crippen LogP contribution in [0.15, 0.2) is 61.9 Å². The van der Waals surface area contributed by atoms with Gasteiger partial charge in [0.1, 0.15) is 0 Å². The number of allylic oxidation sites excluding steroid dienone is 4. The number of rotatable bonds is 4. The molecule has 0 aliphatic carbocycles. The van der Waals surface area contributed by atoms with Crippen LogP contribution in [-0.4, -0.2) is 0 Å². The molecule has 0 fully saturated rings. The summed E-state index contributed by atoms with van der Waals surface area (Å²) in [6.45, 7) is 16.7. The first-order chi connectivity index (χ1) is 10.5. The molecule has 0 aliphatic rings. The smallest absolute Gasteiger partial charge is 0.0395 e. The standard InChI is InChI=1S/C10H12N2.C7H11N.C2H6/c1-3-7-8(4-2)10(12)6-5-9(7)11;1-3-5-6-7(8)4-2;1-2/h3-6H,1-2,11-12H2;3-6H,2,8H2,1H3;1-2H3/b;5-3-,7-6+;. The third kappa shape index (κ3) is 7.80. The van der Waals surface area contributed by atoms with Gasteiger partial charge in [-0.25, -0.2) is 0 Å². The van der Waals surface area contributed by atoms with Crippen molar-refractivity contribution in [1.82, 2.24) is 0 Å². The second kappa shape index (κ2) is 13.3. The van der Waals surface area contributed by atoms with E-state index in [1.54, 1.807) is 36.4 Å². The van der Waals surface area contributed by atoms with Crippen molar-refractivity contribution in [3.05, 3.63) is 73.0 Å². The number of benzene rings is 1. The van der Waals surface area contributed by atoms with Crippen molar-refractivity contribution in [3.8, 4) is 0 Å². The zero-order valence-corrected chi connectivity index (χ0v) is 14.0. The van der Waals surface area contributed by atoms with E-state index in [-0.39, 0.29) is 0 Å². The maximum absolute atomic E-state index is 5.70. The molecule has 6 N–H and O–H groups in total. The number of nitrogens with two attached hydrogens (primary N) is 3. The number of hydrogen-bond donors (Lipinski definition) is 3. The molecule has 1 aromatic rings. The summed E-state index contributed by atoms with van der Waals surface area (Å²) in [4.78, 5) is 0. The minimum absolute atomic E-state index is 0.675. The van der Waals surface area contributed by atoms with Crippen LogP contribution in [-0.2, 0) is 0 Å². The van der Waals surface area contributed by atoms with Crippen LogP contribution < -0.4 is 17.2 Å². The summed E-state index contributed by atoms with van der Waals surface area (Å²) in [7, 11) is 0. The first-order valence-corrected chi connectivity index (χ1v) is 7.15. The molecule has 0 heterocycles. The molecule has 0 saturated heterocycles. The van der Waals surface area contributed by atoms with Crippen LogP contribution in [0.25, 0.3) is 12.2 Å². The molecule has 3 nitrogen and oxygen atoms in total. The highest BCUT2D eigenvalue weighted by molar-refractivity contribution is 5.80. The van der Waals surface area contributed by atoms with Crippen LogP contribution in [0, 0.1) is 0 Å². The zero-order valence-electron chi connectivity index (χ0n) is 14.0. The highest BCUT2D eigenvalue weighted by atomic mass is 14.6. The normalized spacial score (nSPS) is 9.86. The first kappa shape index (κ1) is 21.6. The summed E-state index contributed by atoms with van der Waals surface area (Å²) in [5, 5.41) is 0. The summed E-state index contributed by atoms with van der Waals surface area (Å²) in [5.74, 6) is 0. The van der Waals surface area contributed by atoms with Gasteiger partial charge in [-0.05, 0) is 31.2 Å². The van der Waals surface area contributed by atoms with Gasteiger partial charge in [0.05, 0.1) is 0 Å². The second-order valence-corrected chi connectivity index (χ2v) is 3.88. The van der Waals surface area contributed by atoms with E-state index in [0.29, 0.717) is 17.1 Å². The van der Waals surface area contributed by atoms with Crippen molar-refractivity contribution in [2.45, 2.75) is 20.8 Å². The van der Waals surface area contributed by atoms with Gasteiger partial charge >= 0.3 is 0 Å². The molecule has 120 valence electrons. The van der Waals surface area contributed by atoms with Crippen molar-refractivity contribution in [2.75, 3.05) is 11.5 Å². The van der Waals surface area contributed by atoms with E-state index >= 15 is 0 Å². The fourth-order valence-electron chi connectivity index (χ4n) is 1.40. The third-order valence-electron chi connectivity index (χ3n) is 2.48. The van der Waals surface area contributed by atoms with Crippen molar-refractivity contribution < 1.29 is 0 Å². The van der Waals surface area contributed by atoms with Crippen LogP contribution in [0.3, 0.4) is 0 Å². The fraction of sp³-hybridized carbons (Fsp3) is 0.158. The first-order valence-electron chi connectivity index (χ1n) is 7.15. The van der Waals surface area contributed by atoms with Crippen LogP contribution in [0.2, 0.25) is 0 Å². The Morgan fingerprint density at radius 2 is 1.36 bits per heavy atom. The maximum Gasteiger partial charge on any atom is 0.0395 e. The zero-order chi connectivity index (χ0) is 17.5. The molecule has 1 rings (SSSR count). The minimum atomic E-state index is 0.675. The molecule has 0 unspecified atom stereocenters. The highest BCUT2D eigenvalue weighted by Gasteiger charge is 2.02. The van der Waals surface area contributed by atoms with Gasteiger partial charge in [0.2, 0.25) is 0 Å². The Bertz CT molecular complexity index is 505. The molecule has 22 heavy (non-hydrogen) atoms. The average Bonchev–Trinajstić information content (AvgIpc) is 2.56. The van der Waals surface area contributed by atoms with E-state index in [4.69, 9.17) is 17.2 Å². The minimum Gasteiger partial charge on any atom is -0.399 e. The molecule has 0 aromatic heterocycles. The molecule has 0 saturated carbocycles. The molecule has 1 aromatic carbocycles. The SMILES string of the molecule is C=C/C(N)=C\C=C/C.C=Cc1c(N)ccc(N)c1C=C.CC. The molecule has 0 bridgehead atoms. The number of anilines is 2. The average molecular weight is 299 g/mol. The lowest BCUT2D eigenvalue weighted by Gasteiger charge is -2.07. The number of hydrogen-bond acceptors (Lipinski definition) is 3. The van der Waals surface area contributed by atoms with E-state index in [0.717, 1.165) is 11.1 Å². The van der Waals surface area contributed by atoms with Crippen LogP contribution in [0.1, 0.15) is 31.9 Å². The molecular weight excluding hydrogens is 270 g/mol. The Hall–Kier alpha value is -2.68. The molecule has 0 aliphatic heterocycles. The lowest BCUT2D eigenvalue weighted by molar-refractivity contribution is 1.43. The summed E-state index contributed by atoms with van der Waals surface area (Å²) < 4.78 is 0. The van der Waals surface area contributed by atoms with E-state index in [2.05, 4.69) is 19.7 Å². The molecule has 0 amide bonds. The van der Waals surface area contributed by atoms with E-state index < -0.39 is 0 Å². The van der Waals surface area contributed by atoms with Gasteiger partial charge in [0.15, 0.2) is 0 Å². The fourth-order valence-corrected chi connectivity index (χ4v) is 1.40. The maximum atomic E-state index is 5.70. The van der Waals surface area contributed by atoms with Gasteiger partial charge in [-0.15, -0.1) is 0 Å². The molecular formula is C19H29N3. The highest BCUT2D eigenvalue weighted by Crippen LogP contribution is 2.24. The molecule has 0 radical (unpaired) electrons. The monoisotopic (exact) mass is 299 g/mol. The molecule has 0 spiro atoms. The van der Waals surface area contributed by atoms with Crippen LogP contribution in [0.5, 0.6) is 0 Å². The summed E-state index contributed by atoms with van der Waals surface area (Å²) >= 11 is 0. The van der Waals surface area contributed by atoms with Gasteiger partial charge in [-0.3, -0.25) is 0 Å². The Morgan fingerprint density at radius 3 is 1.64 bits per heavy atom. The van der Waals surface area contributed by atoms with Gasteiger partial charge in [-0.1, -0.05) is 57.9 Å². The van der Waals surface area contributed by atoms with E-state index in [1.165, 1.54) is 0 Å². The van der Waals surface area contributed by atoms with Crippen molar-refractivity contribution >= 4 is 23.5 Å².